The van der Waals surface area contributed by atoms with Crippen molar-refractivity contribution in [2.45, 2.75) is 39.2 Å². The second kappa shape index (κ2) is 8.41. The van der Waals surface area contributed by atoms with Gasteiger partial charge < -0.3 is 10.1 Å². The Morgan fingerprint density at radius 3 is 2.58 bits per heavy atom. The standard InChI is InChI=1S/C19H21Cl2NO2/c1-4-12(2)15-7-5-6-8-17(15)22-19(23)13(3)24-18-11-14(20)9-10-16(18)21/h5-13H,4H2,1-3H3,(H,22,23)/t12-,13+/m1/s1. The summed E-state index contributed by atoms with van der Waals surface area (Å²) in [6, 6.07) is 12.7. The van der Waals surface area contributed by atoms with Crippen LogP contribution >= 0.6 is 23.2 Å². The van der Waals surface area contributed by atoms with E-state index >= 15 is 0 Å². The highest BCUT2D eigenvalue weighted by atomic mass is 35.5. The fourth-order valence-corrected chi connectivity index (χ4v) is 2.63. The molecule has 3 nitrogen and oxygen atoms in total. The largest absolute Gasteiger partial charge is 0.479 e. The van der Waals surface area contributed by atoms with E-state index in [1.54, 1.807) is 25.1 Å². The Morgan fingerprint density at radius 1 is 1.17 bits per heavy atom. The summed E-state index contributed by atoms with van der Waals surface area (Å²) in [7, 11) is 0. The smallest absolute Gasteiger partial charge is 0.265 e. The lowest BCUT2D eigenvalue weighted by atomic mass is 9.97. The molecule has 2 aromatic rings. The van der Waals surface area contributed by atoms with E-state index in [2.05, 4.69) is 19.2 Å². The topological polar surface area (TPSA) is 38.3 Å². The van der Waals surface area contributed by atoms with E-state index < -0.39 is 6.10 Å². The van der Waals surface area contributed by atoms with Gasteiger partial charge in [0.05, 0.1) is 5.02 Å². The van der Waals surface area contributed by atoms with Crippen LogP contribution in [0.15, 0.2) is 42.5 Å². The Morgan fingerprint density at radius 2 is 1.88 bits per heavy atom. The molecular formula is C19H21Cl2NO2. The van der Waals surface area contributed by atoms with Crippen molar-refractivity contribution >= 4 is 34.8 Å². The van der Waals surface area contributed by atoms with Crippen LogP contribution in [0.3, 0.4) is 0 Å². The lowest BCUT2D eigenvalue weighted by molar-refractivity contribution is -0.122. The summed E-state index contributed by atoms with van der Waals surface area (Å²) < 4.78 is 5.66. The Hall–Kier alpha value is -1.71. The molecule has 128 valence electrons. The van der Waals surface area contributed by atoms with E-state index in [4.69, 9.17) is 27.9 Å². The zero-order valence-corrected chi connectivity index (χ0v) is 15.5. The van der Waals surface area contributed by atoms with Crippen molar-refractivity contribution in [2.24, 2.45) is 0 Å². The molecule has 1 N–H and O–H groups in total. The lowest BCUT2D eigenvalue weighted by Crippen LogP contribution is -2.30. The van der Waals surface area contributed by atoms with Crippen LogP contribution in [0.1, 0.15) is 38.7 Å². The quantitative estimate of drug-likeness (QED) is 0.690. The summed E-state index contributed by atoms with van der Waals surface area (Å²) in [5.74, 6) is 0.518. The number of halogens is 2. The maximum atomic E-state index is 12.5. The molecule has 0 saturated carbocycles. The first-order valence-electron chi connectivity index (χ1n) is 7.93. The maximum Gasteiger partial charge on any atom is 0.265 e. The van der Waals surface area contributed by atoms with Gasteiger partial charge in [0.1, 0.15) is 5.75 Å². The number of carbonyl (C=O) groups excluding carboxylic acids is 1. The van der Waals surface area contributed by atoms with Gasteiger partial charge in [0.25, 0.3) is 5.91 Å². The fraction of sp³-hybridized carbons (Fsp3) is 0.316. The van der Waals surface area contributed by atoms with Gasteiger partial charge in [0.2, 0.25) is 0 Å². The number of amides is 1. The fourth-order valence-electron chi connectivity index (χ4n) is 2.31. The summed E-state index contributed by atoms with van der Waals surface area (Å²) in [5.41, 5.74) is 1.92. The predicted octanol–water partition coefficient (Wildman–Crippen LogP) is 5.91. The van der Waals surface area contributed by atoms with Gasteiger partial charge in [0, 0.05) is 16.8 Å². The first-order valence-corrected chi connectivity index (χ1v) is 8.69. The number of nitrogens with one attached hydrogen (secondary N) is 1. The minimum absolute atomic E-state index is 0.234. The van der Waals surface area contributed by atoms with Crippen molar-refractivity contribution in [1.29, 1.82) is 0 Å². The van der Waals surface area contributed by atoms with Crippen LogP contribution in [0.2, 0.25) is 10.0 Å². The summed E-state index contributed by atoms with van der Waals surface area (Å²) in [5, 5.41) is 3.86. The Balaban J connectivity index is 2.11. The van der Waals surface area contributed by atoms with Gasteiger partial charge in [-0.15, -0.1) is 0 Å². The van der Waals surface area contributed by atoms with Crippen LogP contribution in [-0.4, -0.2) is 12.0 Å². The highest BCUT2D eigenvalue weighted by Crippen LogP contribution is 2.29. The van der Waals surface area contributed by atoms with Gasteiger partial charge in [0.15, 0.2) is 6.10 Å². The molecule has 2 rings (SSSR count). The highest BCUT2D eigenvalue weighted by Gasteiger charge is 2.18. The Labute approximate surface area is 152 Å². The Bertz CT molecular complexity index is 718. The van der Waals surface area contributed by atoms with Crippen molar-refractivity contribution in [2.75, 3.05) is 5.32 Å². The third-order valence-electron chi connectivity index (χ3n) is 3.93. The van der Waals surface area contributed by atoms with Crippen LogP contribution in [0.25, 0.3) is 0 Å². The van der Waals surface area contributed by atoms with E-state index in [0.717, 1.165) is 17.7 Å². The van der Waals surface area contributed by atoms with Crippen molar-refractivity contribution < 1.29 is 9.53 Å². The van der Waals surface area contributed by atoms with Crippen LogP contribution in [0, 0.1) is 0 Å². The number of hydrogen-bond acceptors (Lipinski definition) is 2. The molecule has 0 fully saturated rings. The normalized spacial score (nSPS) is 13.2. The van der Waals surface area contributed by atoms with Gasteiger partial charge in [-0.1, -0.05) is 55.2 Å². The molecule has 0 aliphatic heterocycles. The van der Waals surface area contributed by atoms with Gasteiger partial charge >= 0.3 is 0 Å². The van der Waals surface area contributed by atoms with Gasteiger partial charge in [-0.2, -0.15) is 0 Å². The molecule has 0 aliphatic rings. The average Bonchev–Trinajstić information content (AvgIpc) is 2.57. The predicted molar refractivity (Wildman–Crippen MR) is 100 cm³/mol. The van der Waals surface area contributed by atoms with E-state index in [1.165, 1.54) is 0 Å². The number of hydrogen-bond donors (Lipinski definition) is 1. The zero-order valence-electron chi connectivity index (χ0n) is 14.0. The van der Waals surface area contributed by atoms with E-state index in [1.807, 2.05) is 24.3 Å². The summed E-state index contributed by atoms with van der Waals surface area (Å²) >= 11 is 12.0. The molecule has 0 aliphatic carbocycles. The molecule has 2 aromatic carbocycles. The van der Waals surface area contributed by atoms with E-state index in [9.17, 15) is 4.79 Å². The molecule has 24 heavy (non-hydrogen) atoms. The highest BCUT2D eigenvalue weighted by molar-refractivity contribution is 6.34. The van der Waals surface area contributed by atoms with Gasteiger partial charge in [-0.3, -0.25) is 4.79 Å². The van der Waals surface area contributed by atoms with E-state index in [0.29, 0.717) is 21.7 Å². The molecule has 2 atom stereocenters. The number of carbonyl (C=O) groups is 1. The first-order chi connectivity index (χ1) is 11.4. The molecule has 0 spiro atoms. The third-order valence-corrected chi connectivity index (χ3v) is 4.48. The van der Waals surface area contributed by atoms with Crippen molar-refractivity contribution in [3.8, 4) is 5.75 Å². The second-order valence-corrected chi connectivity index (χ2v) is 6.56. The maximum absolute atomic E-state index is 12.5. The SMILES string of the molecule is CC[C@@H](C)c1ccccc1NC(=O)[C@H](C)Oc1cc(Cl)ccc1Cl. The molecule has 5 heteroatoms. The minimum atomic E-state index is -0.703. The van der Waals surface area contributed by atoms with Crippen molar-refractivity contribution in [1.82, 2.24) is 0 Å². The zero-order chi connectivity index (χ0) is 17.7. The number of benzene rings is 2. The summed E-state index contributed by atoms with van der Waals surface area (Å²) in [4.78, 5) is 12.5. The molecule has 0 heterocycles. The van der Waals surface area contributed by atoms with Crippen molar-refractivity contribution in [3.63, 3.8) is 0 Å². The summed E-state index contributed by atoms with van der Waals surface area (Å²) in [6.07, 6.45) is 0.294. The van der Waals surface area contributed by atoms with Crippen LogP contribution < -0.4 is 10.1 Å². The molecule has 0 aromatic heterocycles. The second-order valence-electron chi connectivity index (χ2n) is 5.72. The number of rotatable bonds is 6. The number of ether oxygens (including phenoxy) is 1. The monoisotopic (exact) mass is 365 g/mol. The Kier molecular flexibility index (Phi) is 6.52. The molecule has 0 radical (unpaired) electrons. The van der Waals surface area contributed by atoms with Gasteiger partial charge in [-0.05, 0) is 43.0 Å². The van der Waals surface area contributed by atoms with Crippen LogP contribution in [-0.2, 0) is 4.79 Å². The lowest BCUT2D eigenvalue weighted by Gasteiger charge is -2.19. The first kappa shape index (κ1) is 18.6. The number of anilines is 1. The molecular weight excluding hydrogens is 345 g/mol. The average molecular weight is 366 g/mol. The van der Waals surface area contributed by atoms with Crippen molar-refractivity contribution in [3.05, 3.63) is 58.1 Å². The molecule has 0 saturated heterocycles. The third kappa shape index (κ3) is 4.65. The van der Waals surface area contributed by atoms with Crippen LogP contribution in [0.4, 0.5) is 5.69 Å². The van der Waals surface area contributed by atoms with E-state index in [-0.39, 0.29) is 5.91 Å². The minimum Gasteiger partial charge on any atom is -0.479 e. The summed E-state index contributed by atoms with van der Waals surface area (Å²) in [6.45, 7) is 5.94. The van der Waals surface area contributed by atoms with Gasteiger partial charge in [-0.25, -0.2) is 0 Å². The number of para-hydroxylation sites is 1. The molecule has 0 unspecified atom stereocenters. The van der Waals surface area contributed by atoms with Crippen LogP contribution in [0.5, 0.6) is 5.75 Å². The molecule has 0 bridgehead atoms. The molecule has 1 amide bonds.